The quantitative estimate of drug-likeness (QED) is 0.785. The lowest BCUT2D eigenvalue weighted by Crippen LogP contribution is -2.46. The van der Waals surface area contributed by atoms with E-state index >= 15 is 0 Å². The number of furan rings is 1. The fourth-order valence-electron chi connectivity index (χ4n) is 2.53. The molecule has 1 fully saturated rings. The van der Waals surface area contributed by atoms with Crippen molar-refractivity contribution in [2.75, 3.05) is 38.2 Å². The zero-order chi connectivity index (χ0) is 15.4. The summed E-state index contributed by atoms with van der Waals surface area (Å²) in [4.78, 5) is 24.6. The number of anilines is 1. The number of ether oxygens (including phenoxy) is 1. The number of esters is 1. The van der Waals surface area contributed by atoms with E-state index in [1.165, 1.54) is 13.4 Å². The molecule has 0 radical (unpaired) electrons. The molecule has 0 atom stereocenters. The molecule has 0 aliphatic carbocycles. The van der Waals surface area contributed by atoms with Gasteiger partial charge in [0.15, 0.2) is 0 Å². The summed E-state index contributed by atoms with van der Waals surface area (Å²) in [6.07, 6.45) is 5.03. The molecule has 3 heterocycles. The number of aromatic nitrogens is 2. The number of methoxy groups -OCH3 is 1. The van der Waals surface area contributed by atoms with Gasteiger partial charge in [0.1, 0.15) is 0 Å². The third-order valence-corrected chi connectivity index (χ3v) is 3.72. The molecule has 22 heavy (non-hydrogen) atoms. The van der Waals surface area contributed by atoms with E-state index in [2.05, 4.69) is 19.8 Å². The van der Waals surface area contributed by atoms with Crippen molar-refractivity contribution in [1.82, 2.24) is 14.9 Å². The lowest BCUT2D eigenvalue weighted by Gasteiger charge is -2.34. The first-order valence-electron chi connectivity index (χ1n) is 7.17. The highest BCUT2D eigenvalue weighted by molar-refractivity contribution is 5.87. The maximum absolute atomic E-state index is 11.6. The average Bonchev–Trinajstić information content (AvgIpc) is 3.04. The van der Waals surface area contributed by atoms with Gasteiger partial charge in [0.2, 0.25) is 11.7 Å². The molecule has 0 saturated carbocycles. The van der Waals surface area contributed by atoms with Crippen LogP contribution in [0.25, 0.3) is 0 Å². The largest absolute Gasteiger partial charge is 0.463 e. The van der Waals surface area contributed by atoms with Crippen LogP contribution < -0.4 is 4.90 Å². The second-order valence-electron chi connectivity index (χ2n) is 5.08. The fourth-order valence-corrected chi connectivity index (χ4v) is 2.53. The van der Waals surface area contributed by atoms with Crippen molar-refractivity contribution in [3.05, 3.63) is 42.1 Å². The van der Waals surface area contributed by atoms with E-state index in [1.54, 1.807) is 12.4 Å². The smallest absolute Gasteiger partial charge is 0.374 e. The maximum atomic E-state index is 11.6. The summed E-state index contributed by atoms with van der Waals surface area (Å²) in [5.41, 5.74) is 0.858. The maximum Gasteiger partial charge on any atom is 0.374 e. The van der Waals surface area contributed by atoms with E-state index in [0.29, 0.717) is 6.54 Å². The molecule has 3 rings (SSSR count). The molecule has 2 aromatic heterocycles. The predicted molar refractivity (Wildman–Crippen MR) is 79.6 cm³/mol. The van der Waals surface area contributed by atoms with Gasteiger partial charge in [0.25, 0.3) is 0 Å². The summed E-state index contributed by atoms with van der Waals surface area (Å²) in [6, 6.07) is 3.63. The molecule has 0 aromatic carbocycles. The van der Waals surface area contributed by atoms with Gasteiger partial charge in [-0.05, 0) is 12.1 Å². The predicted octanol–water partition coefficient (Wildman–Crippen LogP) is 1.18. The van der Waals surface area contributed by atoms with Gasteiger partial charge in [-0.3, -0.25) is 4.90 Å². The van der Waals surface area contributed by atoms with Crippen LogP contribution in [0.1, 0.15) is 16.1 Å². The molecule has 0 spiro atoms. The van der Waals surface area contributed by atoms with E-state index in [1.807, 2.05) is 12.1 Å². The molecule has 0 unspecified atom stereocenters. The van der Waals surface area contributed by atoms with Crippen LogP contribution in [0.2, 0.25) is 0 Å². The number of hydrogen-bond acceptors (Lipinski definition) is 7. The van der Waals surface area contributed by atoms with Gasteiger partial charge in [-0.25, -0.2) is 14.8 Å². The van der Waals surface area contributed by atoms with Crippen molar-refractivity contribution in [1.29, 1.82) is 0 Å². The van der Waals surface area contributed by atoms with Crippen molar-refractivity contribution in [3.8, 4) is 0 Å². The van der Waals surface area contributed by atoms with E-state index < -0.39 is 5.97 Å². The van der Waals surface area contributed by atoms with Gasteiger partial charge in [-0.2, -0.15) is 0 Å². The SMILES string of the molecule is COC(=O)c1occc1CN1CCN(c2ncccn2)CC1. The monoisotopic (exact) mass is 302 g/mol. The summed E-state index contributed by atoms with van der Waals surface area (Å²) >= 11 is 0. The van der Waals surface area contributed by atoms with Crippen LogP contribution in [0.3, 0.4) is 0 Å². The second kappa shape index (κ2) is 6.57. The van der Waals surface area contributed by atoms with E-state index in [9.17, 15) is 4.79 Å². The highest BCUT2D eigenvalue weighted by Gasteiger charge is 2.22. The fraction of sp³-hybridized carbons (Fsp3) is 0.400. The van der Waals surface area contributed by atoms with Gasteiger partial charge in [0, 0.05) is 50.7 Å². The number of rotatable bonds is 4. The Bertz CT molecular complexity index is 621. The number of carbonyl (C=O) groups is 1. The molecular formula is C15H18N4O3. The zero-order valence-corrected chi connectivity index (χ0v) is 12.4. The van der Waals surface area contributed by atoms with E-state index in [-0.39, 0.29) is 5.76 Å². The van der Waals surface area contributed by atoms with E-state index in [0.717, 1.165) is 37.7 Å². The summed E-state index contributed by atoms with van der Waals surface area (Å²) < 4.78 is 9.94. The van der Waals surface area contributed by atoms with Crippen LogP contribution >= 0.6 is 0 Å². The number of hydrogen-bond donors (Lipinski definition) is 0. The first-order chi connectivity index (χ1) is 10.8. The van der Waals surface area contributed by atoms with Crippen molar-refractivity contribution in [2.45, 2.75) is 6.54 Å². The topological polar surface area (TPSA) is 71.7 Å². The van der Waals surface area contributed by atoms with Gasteiger partial charge in [-0.1, -0.05) is 0 Å². The Labute approximate surface area is 128 Å². The van der Waals surface area contributed by atoms with Crippen LogP contribution in [0.4, 0.5) is 5.95 Å². The van der Waals surface area contributed by atoms with Crippen LogP contribution in [-0.2, 0) is 11.3 Å². The van der Waals surface area contributed by atoms with Crippen LogP contribution in [-0.4, -0.2) is 54.1 Å². The molecule has 1 aliphatic heterocycles. The second-order valence-corrected chi connectivity index (χ2v) is 5.08. The lowest BCUT2D eigenvalue weighted by atomic mass is 10.2. The summed E-state index contributed by atoms with van der Waals surface area (Å²) in [5.74, 6) is 0.619. The lowest BCUT2D eigenvalue weighted by molar-refractivity contribution is 0.0561. The molecule has 0 N–H and O–H groups in total. The van der Waals surface area contributed by atoms with Crippen LogP contribution in [0, 0.1) is 0 Å². The Kier molecular flexibility index (Phi) is 4.34. The molecule has 2 aromatic rings. The van der Waals surface area contributed by atoms with Crippen LogP contribution in [0.15, 0.2) is 35.2 Å². The number of carbonyl (C=O) groups excluding carboxylic acids is 1. The molecule has 7 heteroatoms. The summed E-state index contributed by atoms with van der Waals surface area (Å²) in [7, 11) is 1.35. The number of nitrogens with zero attached hydrogens (tertiary/aromatic N) is 4. The molecule has 0 amide bonds. The van der Waals surface area contributed by atoms with Crippen LogP contribution in [0.5, 0.6) is 0 Å². The average molecular weight is 302 g/mol. The Morgan fingerprint density at radius 1 is 1.27 bits per heavy atom. The molecule has 116 valence electrons. The molecular weight excluding hydrogens is 284 g/mol. The first kappa shape index (κ1) is 14.5. The minimum atomic E-state index is -0.434. The Morgan fingerprint density at radius 3 is 2.68 bits per heavy atom. The van der Waals surface area contributed by atoms with Gasteiger partial charge in [-0.15, -0.1) is 0 Å². The molecule has 0 bridgehead atoms. The molecule has 1 saturated heterocycles. The van der Waals surface area contributed by atoms with Gasteiger partial charge in [0.05, 0.1) is 13.4 Å². The van der Waals surface area contributed by atoms with Gasteiger partial charge < -0.3 is 14.1 Å². The Balaban J connectivity index is 1.59. The standard InChI is InChI=1S/C15H18N4O3/c1-21-14(20)13-12(3-10-22-13)11-18-6-8-19(9-7-18)15-16-4-2-5-17-15/h2-5,10H,6-9,11H2,1H3. The minimum absolute atomic E-state index is 0.288. The third-order valence-electron chi connectivity index (χ3n) is 3.72. The van der Waals surface area contributed by atoms with Crippen molar-refractivity contribution in [3.63, 3.8) is 0 Å². The molecule has 1 aliphatic rings. The Hall–Kier alpha value is -2.41. The van der Waals surface area contributed by atoms with Crippen molar-refractivity contribution < 1.29 is 13.9 Å². The number of piperazine rings is 1. The highest BCUT2D eigenvalue weighted by Crippen LogP contribution is 2.17. The zero-order valence-electron chi connectivity index (χ0n) is 12.4. The molecule has 7 nitrogen and oxygen atoms in total. The minimum Gasteiger partial charge on any atom is -0.463 e. The summed E-state index contributed by atoms with van der Waals surface area (Å²) in [5, 5.41) is 0. The van der Waals surface area contributed by atoms with Crippen molar-refractivity contribution in [2.24, 2.45) is 0 Å². The van der Waals surface area contributed by atoms with Crippen molar-refractivity contribution >= 4 is 11.9 Å². The van der Waals surface area contributed by atoms with Gasteiger partial charge >= 0.3 is 5.97 Å². The first-order valence-corrected chi connectivity index (χ1v) is 7.17. The Morgan fingerprint density at radius 2 is 2.00 bits per heavy atom. The normalized spacial score (nSPS) is 15.8. The summed E-state index contributed by atoms with van der Waals surface area (Å²) in [6.45, 7) is 4.14. The van der Waals surface area contributed by atoms with E-state index in [4.69, 9.17) is 9.15 Å². The third kappa shape index (κ3) is 3.09. The highest BCUT2D eigenvalue weighted by atomic mass is 16.5.